The zero-order chi connectivity index (χ0) is 18.3. The van der Waals surface area contributed by atoms with E-state index in [1.165, 1.54) is 20.8 Å². The highest BCUT2D eigenvalue weighted by molar-refractivity contribution is 5.70. The first-order chi connectivity index (χ1) is 11.2. The summed E-state index contributed by atoms with van der Waals surface area (Å²) in [6, 6.07) is 0. The summed E-state index contributed by atoms with van der Waals surface area (Å²) in [7, 11) is 0. The molecule has 0 aromatic heterocycles. The molecular formula is C15H22O9. The summed E-state index contributed by atoms with van der Waals surface area (Å²) in [5.41, 5.74) is 0. The van der Waals surface area contributed by atoms with Crippen LogP contribution in [0.3, 0.4) is 0 Å². The van der Waals surface area contributed by atoms with E-state index in [0.29, 0.717) is 0 Å². The van der Waals surface area contributed by atoms with E-state index in [1.807, 2.05) is 0 Å². The van der Waals surface area contributed by atoms with Gasteiger partial charge < -0.3 is 23.7 Å². The lowest BCUT2D eigenvalue weighted by Crippen LogP contribution is -2.41. The van der Waals surface area contributed by atoms with E-state index in [2.05, 4.69) is 0 Å². The van der Waals surface area contributed by atoms with Gasteiger partial charge >= 0.3 is 23.9 Å². The van der Waals surface area contributed by atoms with Crippen LogP contribution in [0.15, 0.2) is 0 Å². The van der Waals surface area contributed by atoms with Crippen LogP contribution in [-0.4, -0.2) is 55.1 Å². The summed E-state index contributed by atoms with van der Waals surface area (Å²) in [4.78, 5) is 45.3. The first-order valence-corrected chi connectivity index (χ1v) is 7.57. The number of carbonyl (C=O) groups is 4. The monoisotopic (exact) mass is 346 g/mol. The van der Waals surface area contributed by atoms with Crippen molar-refractivity contribution in [1.82, 2.24) is 0 Å². The van der Waals surface area contributed by atoms with Crippen LogP contribution in [0.25, 0.3) is 0 Å². The molecule has 4 atom stereocenters. The van der Waals surface area contributed by atoms with E-state index in [-0.39, 0.29) is 19.4 Å². The predicted octanol–water partition coefficient (Wildman–Crippen LogP) is 0.481. The second-order valence-corrected chi connectivity index (χ2v) is 5.14. The molecule has 9 nitrogen and oxygen atoms in total. The van der Waals surface area contributed by atoms with Gasteiger partial charge in [-0.25, -0.2) is 0 Å². The fraction of sp³-hybridized carbons (Fsp3) is 0.733. The van der Waals surface area contributed by atoms with Gasteiger partial charge in [-0.2, -0.15) is 0 Å². The fourth-order valence-corrected chi connectivity index (χ4v) is 2.33. The summed E-state index contributed by atoms with van der Waals surface area (Å²) in [5, 5.41) is 0. The molecule has 0 saturated carbocycles. The molecule has 1 saturated heterocycles. The summed E-state index contributed by atoms with van der Waals surface area (Å²) in [6.45, 7) is 5.44. The number of rotatable bonds is 7. The summed E-state index contributed by atoms with van der Waals surface area (Å²) < 4.78 is 25.6. The summed E-state index contributed by atoms with van der Waals surface area (Å²) in [5.74, 6) is -2.36. The molecule has 0 spiro atoms. The molecule has 24 heavy (non-hydrogen) atoms. The molecule has 1 rings (SSSR count). The van der Waals surface area contributed by atoms with E-state index in [0.717, 1.165) is 0 Å². The van der Waals surface area contributed by atoms with Crippen LogP contribution < -0.4 is 0 Å². The van der Waals surface area contributed by atoms with E-state index in [1.54, 1.807) is 6.92 Å². The minimum absolute atomic E-state index is 0.00978. The minimum Gasteiger partial charge on any atom is -0.466 e. The third-order valence-electron chi connectivity index (χ3n) is 3.09. The van der Waals surface area contributed by atoms with Crippen LogP contribution in [0.4, 0.5) is 0 Å². The Labute approximate surface area is 139 Å². The molecule has 1 fully saturated rings. The van der Waals surface area contributed by atoms with Gasteiger partial charge in [-0.15, -0.1) is 0 Å². The lowest BCUT2D eigenvalue weighted by molar-refractivity contribution is -0.195. The van der Waals surface area contributed by atoms with Crippen LogP contribution in [0.1, 0.15) is 40.5 Å². The molecule has 1 aliphatic heterocycles. The molecule has 0 radical (unpaired) electrons. The van der Waals surface area contributed by atoms with Crippen molar-refractivity contribution in [3.05, 3.63) is 0 Å². The number of esters is 4. The fourth-order valence-electron chi connectivity index (χ4n) is 2.33. The van der Waals surface area contributed by atoms with Gasteiger partial charge in [-0.05, 0) is 13.3 Å². The molecular weight excluding hydrogens is 324 g/mol. The van der Waals surface area contributed by atoms with Crippen LogP contribution in [-0.2, 0) is 42.9 Å². The molecule has 0 aliphatic carbocycles. The number of ether oxygens (including phenoxy) is 5. The third-order valence-corrected chi connectivity index (χ3v) is 3.09. The zero-order valence-electron chi connectivity index (χ0n) is 14.1. The first-order valence-electron chi connectivity index (χ1n) is 7.57. The molecule has 0 amide bonds. The lowest BCUT2D eigenvalue weighted by Gasteiger charge is -2.22. The molecule has 0 unspecified atom stereocenters. The van der Waals surface area contributed by atoms with Gasteiger partial charge in [0.2, 0.25) is 12.4 Å². The quantitative estimate of drug-likeness (QED) is 0.479. The lowest BCUT2D eigenvalue weighted by atomic mass is 10.1. The Morgan fingerprint density at radius 2 is 1.42 bits per heavy atom. The van der Waals surface area contributed by atoms with E-state index >= 15 is 0 Å². The predicted molar refractivity (Wildman–Crippen MR) is 77.4 cm³/mol. The smallest absolute Gasteiger partial charge is 0.305 e. The normalized spacial score (nSPS) is 25.7. The van der Waals surface area contributed by atoms with Crippen molar-refractivity contribution in [2.45, 2.75) is 65.1 Å². The molecule has 1 heterocycles. The van der Waals surface area contributed by atoms with Gasteiger partial charge in [0.05, 0.1) is 6.61 Å². The minimum atomic E-state index is -1.22. The molecule has 1 aliphatic rings. The average molecular weight is 346 g/mol. The maximum Gasteiger partial charge on any atom is 0.305 e. The van der Waals surface area contributed by atoms with Gasteiger partial charge in [0.25, 0.3) is 0 Å². The standard InChI is InChI=1S/C15H22O9/c1-5-20-12(19)7-6-11-13(21-8(2)16)14(22-9(3)17)15(24-11)23-10(4)18/h11,13-15H,5-7H2,1-4H3/t11-,13-,14-,15-/m1/s1. The highest BCUT2D eigenvalue weighted by Crippen LogP contribution is 2.30. The molecule has 0 aromatic carbocycles. The largest absolute Gasteiger partial charge is 0.466 e. The summed E-state index contributed by atoms with van der Waals surface area (Å²) >= 11 is 0. The van der Waals surface area contributed by atoms with Crippen LogP contribution in [0, 0.1) is 0 Å². The molecule has 9 heteroatoms. The van der Waals surface area contributed by atoms with Crippen molar-refractivity contribution < 1.29 is 42.9 Å². The molecule has 0 aromatic rings. The van der Waals surface area contributed by atoms with Crippen LogP contribution in [0.5, 0.6) is 0 Å². The highest BCUT2D eigenvalue weighted by atomic mass is 16.7. The van der Waals surface area contributed by atoms with Crippen molar-refractivity contribution in [2.24, 2.45) is 0 Å². The number of hydrogen-bond acceptors (Lipinski definition) is 9. The van der Waals surface area contributed by atoms with E-state index in [4.69, 9.17) is 23.7 Å². The van der Waals surface area contributed by atoms with Crippen molar-refractivity contribution in [3.8, 4) is 0 Å². The topological polar surface area (TPSA) is 114 Å². The van der Waals surface area contributed by atoms with Crippen molar-refractivity contribution in [3.63, 3.8) is 0 Å². The van der Waals surface area contributed by atoms with Gasteiger partial charge in [-0.1, -0.05) is 0 Å². The zero-order valence-corrected chi connectivity index (χ0v) is 14.1. The van der Waals surface area contributed by atoms with Gasteiger partial charge in [-0.3, -0.25) is 19.2 Å². The van der Waals surface area contributed by atoms with Crippen molar-refractivity contribution >= 4 is 23.9 Å². The Balaban J connectivity index is 2.89. The Morgan fingerprint density at radius 3 is 1.92 bits per heavy atom. The summed E-state index contributed by atoms with van der Waals surface area (Å²) in [6.07, 6.45) is -3.95. The third kappa shape index (κ3) is 6.15. The number of hydrogen-bond donors (Lipinski definition) is 0. The second kappa shape index (κ2) is 9.21. The van der Waals surface area contributed by atoms with Crippen molar-refractivity contribution in [2.75, 3.05) is 6.61 Å². The molecule has 136 valence electrons. The Morgan fingerprint density at radius 1 is 0.875 bits per heavy atom. The van der Waals surface area contributed by atoms with Crippen LogP contribution in [0.2, 0.25) is 0 Å². The van der Waals surface area contributed by atoms with E-state index < -0.39 is 48.5 Å². The van der Waals surface area contributed by atoms with Crippen molar-refractivity contribution in [1.29, 1.82) is 0 Å². The van der Waals surface area contributed by atoms with E-state index in [9.17, 15) is 19.2 Å². The number of carbonyl (C=O) groups excluding carboxylic acids is 4. The van der Waals surface area contributed by atoms with Crippen LogP contribution >= 0.6 is 0 Å². The Hall–Kier alpha value is -2.16. The molecule has 0 N–H and O–H groups in total. The SMILES string of the molecule is CCOC(=O)CC[C@H]1O[C@@H](OC(C)=O)[C@H](OC(C)=O)[C@@H]1OC(C)=O. The average Bonchev–Trinajstić information content (AvgIpc) is 2.73. The molecule has 0 bridgehead atoms. The van der Waals surface area contributed by atoms with Gasteiger partial charge in [0, 0.05) is 27.2 Å². The first kappa shape index (κ1) is 19.9. The maximum atomic E-state index is 11.5. The second-order valence-electron chi connectivity index (χ2n) is 5.14. The highest BCUT2D eigenvalue weighted by Gasteiger charge is 2.50. The van der Waals surface area contributed by atoms with Gasteiger partial charge in [0.1, 0.15) is 6.10 Å². The van der Waals surface area contributed by atoms with Gasteiger partial charge in [0.15, 0.2) is 6.10 Å². The Kier molecular flexibility index (Phi) is 7.63. The maximum absolute atomic E-state index is 11.5. The Bertz CT molecular complexity index is 487.